The van der Waals surface area contributed by atoms with Crippen LogP contribution in [-0.2, 0) is 4.74 Å². The van der Waals surface area contributed by atoms with Crippen LogP contribution < -0.4 is 5.32 Å². The molecule has 0 amide bonds. The third-order valence-corrected chi connectivity index (χ3v) is 4.98. The topological polar surface area (TPSA) is 24.5 Å². The van der Waals surface area contributed by atoms with E-state index in [1.54, 1.807) is 0 Å². The van der Waals surface area contributed by atoms with Crippen LogP contribution in [0, 0.1) is 5.92 Å². The summed E-state index contributed by atoms with van der Waals surface area (Å²) in [6, 6.07) is 1.35. The van der Waals surface area contributed by atoms with Crippen molar-refractivity contribution in [3.05, 3.63) is 0 Å². The molecule has 3 heteroatoms. The highest BCUT2D eigenvalue weighted by atomic mass is 16.5. The molecule has 18 heavy (non-hydrogen) atoms. The largest absolute Gasteiger partial charge is 0.378 e. The zero-order valence-electron chi connectivity index (χ0n) is 12.5. The Hall–Kier alpha value is -0.120. The second-order valence-corrected chi connectivity index (χ2v) is 6.61. The van der Waals surface area contributed by atoms with E-state index in [-0.39, 0.29) is 5.54 Å². The van der Waals surface area contributed by atoms with Crippen LogP contribution in [0.1, 0.15) is 46.5 Å². The van der Waals surface area contributed by atoms with Gasteiger partial charge in [0.25, 0.3) is 0 Å². The lowest BCUT2D eigenvalue weighted by molar-refractivity contribution is -0.0879. The summed E-state index contributed by atoms with van der Waals surface area (Å²) >= 11 is 0. The van der Waals surface area contributed by atoms with Gasteiger partial charge in [0.05, 0.1) is 13.2 Å². The van der Waals surface area contributed by atoms with Crippen molar-refractivity contribution in [2.24, 2.45) is 5.92 Å². The maximum absolute atomic E-state index is 5.67. The highest BCUT2D eigenvalue weighted by molar-refractivity contribution is 4.97. The standard InChI is InChI=1S/C15H30N2O/c1-5-12-6-7-13(16-4)14(10-12)17-8-9-18-11-15(17,2)3/h12-14,16H,5-11H2,1-4H3. The molecule has 0 aromatic heterocycles. The van der Waals surface area contributed by atoms with Crippen LogP contribution in [0.3, 0.4) is 0 Å². The van der Waals surface area contributed by atoms with E-state index in [1.165, 1.54) is 25.7 Å². The van der Waals surface area contributed by atoms with Crippen molar-refractivity contribution in [1.29, 1.82) is 0 Å². The summed E-state index contributed by atoms with van der Waals surface area (Å²) in [7, 11) is 2.12. The van der Waals surface area contributed by atoms with E-state index >= 15 is 0 Å². The maximum atomic E-state index is 5.67. The van der Waals surface area contributed by atoms with Crippen LogP contribution in [0.25, 0.3) is 0 Å². The Kier molecular flexibility index (Phi) is 4.68. The van der Waals surface area contributed by atoms with Crippen molar-refractivity contribution >= 4 is 0 Å². The van der Waals surface area contributed by atoms with Gasteiger partial charge in [-0.3, -0.25) is 4.90 Å². The number of ether oxygens (including phenoxy) is 1. The van der Waals surface area contributed by atoms with E-state index in [2.05, 4.69) is 38.0 Å². The Balaban J connectivity index is 2.11. The van der Waals surface area contributed by atoms with Gasteiger partial charge in [-0.15, -0.1) is 0 Å². The first kappa shape index (κ1) is 14.3. The molecule has 3 atom stereocenters. The monoisotopic (exact) mass is 254 g/mol. The molecule has 1 heterocycles. The SMILES string of the molecule is CCC1CCC(NC)C(N2CCOCC2(C)C)C1. The molecule has 1 aliphatic carbocycles. The number of nitrogens with zero attached hydrogens (tertiary/aromatic N) is 1. The summed E-state index contributed by atoms with van der Waals surface area (Å²) in [6.45, 7) is 9.85. The lowest BCUT2D eigenvalue weighted by Crippen LogP contribution is -2.63. The van der Waals surface area contributed by atoms with Crippen LogP contribution in [0.15, 0.2) is 0 Å². The quantitative estimate of drug-likeness (QED) is 0.836. The van der Waals surface area contributed by atoms with Crippen LogP contribution in [0.4, 0.5) is 0 Å². The fraction of sp³-hybridized carbons (Fsp3) is 1.00. The van der Waals surface area contributed by atoms with E-state index in [1.807, 2.05) is 0 Å². The molecule has 3 unspecified atom stereocenters. The molecule has 1 aliphatic heterocycles. The molecule has 0 radical (unpaired) electrons. The molecular weight excluding hydrogens is 224 g/mol. The molecule has 2 fully saturated rings. The third kappa shape index (κ3) is 2.89. The van der Waals surface area contributed by atoms with Crippen LogP contribution in [0.5, 0.6) is 0 Å². The van der Waals surface area contributed by atoms with Gasteiger partial charge in [-0.1, -0.05) is 13.3 Å². The lowest BCUT2D eigenvalue weighted by Gasteiger charge is -2.51. The molecule has 0 bridgehead atoms. The van der Waals surface area contributed by atoms with Crippen molar-refractivity contribution in [3.8, 4) is 0 Å². The van der Waals surface area contributed by atoms with E-state index < -0.39 is 0 Å². The van der Waals surface area contributed by atoms with Crippen LogP contribution in [0.2, 0.25) is 0 Å². The van der Waals surface area contributed by atoms with Gasteiger partial charge < -0.3 is 10.1 Å². The molecule has 0 spiro atoms. The lowest BCUT2D eigenvalue weighted by atomic mass is 9.78. The van der Waals surface area contributed by atoms with Crippen molar-refractivity contribution in [3.63, 3.8) is 0 Å². The van der Waals surface area contributed by atoms with Crippen molar-refractivity contribution in [2.75, 3.05) is 26.8 Å². The molecule has 0 aromatic rings. The zero-order valence-corrected chi connectivity index (χ0v) is 12.5. The Bertz CT molecular complexity index is 267. The number of hydrogen-bond donors (Lipinski definition) is 1. The molecule has 2 rings (SSSR count). The number of likely N-dealkylation sites (N-methyl/N-ethyl adjacent to an activating group) is 1. The van der Waals surface area contributed by atoms with Gasteiger partial charge in [-0.25, -0.2) is 0 Å². The van der Waals surface area contributed by atoms with Gasteiger partial charge in [-0.05, 0) is 46.1 Å². The first-order chi connectivity index (χ1) is 8.58. The summed E-state index contributed by atoms with van der Waals surface area (Å²) < 4.78 is 5.67. The zero-order chi connectivity index (χ0) is 13.2. The predicted molar refractivity (Wildman–Crippen MR) is 75.9 cm³/mol. The average molecular weight is 254 g/mol. The van der Waals surface area contributed by atoms with Gasteiger partial charge in [0, 0.05) is 24.2 Å². The van der Waals surface area contributed by atoms with E-state index in [9.17, 15) is 0 Å². The van der Waals surface area contributed by atoms with E-state index in [4.69, 9.17) is 4.74 Å². The van der Waals surface area contributed by atoms with Gasteiger partial charge in [0.2, 0.25) is 0 Å². The van der Waals surface area contributed by atoms with Gasteiger partial charge in [0.1, 0.15) is 0 Å². The molecule has 1 saturated carbocycles. The number of nitrogens with one attached hydrogen (secondary N) is 1. The first-order valence-electron chi connectivity index (χ1n) is 7.60. The van der Waals surface area contributed by atoms with Crippen molar-refractivity contribution < 1.29 is 4.74 Å². The molecule has 2 aliphatic rings. The highest BCUT2D eigenvalue weighted by Gasteiger charge is 2.41. The van der Waals surface area contributed by atoms with Crippen molar-refractivity contribution in [1.82, 2.24) is 10.2 Å². The van der Waals surface area contributed by atoms with E-state index in [0.29, 0.717) is 12.1 Å². The average Bonchev–Trinajstić information content (AvgIpc) is 2.37. The number of hydrogen-bond acceptors (Lipinski definition) is 3. The Morgan fingerprint density at radius 1 is 1.33 bits per heavy atom. The first-order valence-corrected chi connectivity index (χ1v) is 7.60. The molecule has 1 N–H and O–H groups in total. The summed E-state index contributed by atoms with van der Waals surface area (Å²) in [5, 5.41) is 3.55. The summed E-state index contributed by atoms with van der Waals surface area (Å²) in [6.07, 6.45) is 5.40. The van der Waals surface area contributed by atoms with E-state index in [0.717, 1.165) is 25.7 Å². The van der Waals surface area contributed by atoms with Gasteiger partial charge >= 0.3 is 0 Å². The minimum Gasteiger partial charge on any atom is -0.378 e. The summed E-state index contributed by atoms with van der Waals surface area (Å²) in [5.41, 5.74) is 0.188. The third-order valence-electron chi connectivity index (χ3n) is 4.98. The minimum absolute atomic E-state index is 0.188. The van der Waals surface area contributed by atoms with Gasteiger partial charge in [-0.2, -0.15) is 0 Å². The smallest absolute Gasteiger partial charge is 0.0645 e. The number of morpholine rings is 1. The Morgan fingerprint density at radius 2 is 2.11 bits per heavy atom. The molecular formula is C15H30N2O. The molecule has 3 nitrogen and oxygen atoms in total. The van der Waals surface area contributed by atoms with Gasteiger partial charge in [0.15, 0.2) is 0 Å². The molecule has 106 valence electrons. The second-order valence-electron chi connectivity index (χ2n) is 6.61. The van der Waals surface area contributed by atoms with Crippen LogP contribution >= 0.6 is 0 Å². The second kappa shape index (κ2) is 5.89. The maximum Gasteiger partial charge on any atom is 0.0645 e. The Labute approximate surface area is 112 Å². The van der Waals surface area contributed by atoms with Crippen LogP contribution in [-0.4, -0.2) is 49.3 Å². The van der Waals surface area contributed by atoms with Crippen molar-refractivity contribution in [2.45, 2.75) is 64.1 Å². The minimum atomic E-state index is 0.188. The molecule has 1 saturated heterocycles. The highest BCUT2D eigenvalue weighted by Crippen LogP contribution is 2.34. The molecule has 0 aromatic carbocycles. The predicted octanol–water partition coefficient (Wildman–Crippen LogP) is 2.26. The fourth-order valence-electron chi connectivity index (χ4n) is 3.77. The summed E-state index contributed by atoms with van der Waals surface area (Å²) in [5.74, 6) is 0.915. The fourth-order valence-corrected chi connectivity index (χ4v) is 3.77. The summed E-state index contributed by atoms with van der Waals surface area (Å²) in [4.78, 5) is 2.71. The normalized spacial score (nSPS) is 37.7. The number of rotatable bonds is 3. The Morgan fingerprint density at radius 3 is 2.72 bits per heavy atom.